The summed E-state index contributed by atoms with van der Waals surface area (Å²) in [4.78, 5) is 2.61. The van der Waals surface area contributed by atoms with E-state index in [-0.39, 0.29) is 5.54 Å². The molecule has 2 nitrogen and oxygen atoms in total. The van der Waals surface area contributed by atoms with Crippen LogP contribution in [0.4, 0.5) is 0 Å². The van der Waals surface area contributed by atoms with E-state index in [9.17, 15) is 0 Å². The maximum Gasteiger partial charge on any atom is 0.168 e. The van der Waals surface area contributed by atoms with Gasteiger partial charge in [-0.25, -0.2) is 4.58 Å². The monoisotopic (exact) mass is 325 g/mol. The van der Waals surface area contributed by atoms with Crippen molar-refractivity contribution < 1.29 is 4.58 Å². The fourth-order valence-corrected chi connectivity index (χ4v) is 3.85. The van der Waals surface area contributed by atoms with Crippen molar-refractivity contribution in [3.05, 3.63) is 47.2 Å². The summed E-state index contributed by atoms with van der Waals surface area (Å²) < 4.78 is 2.50. The summed E-state index contributed by atoms with van der Waals surface area (Å²) in [7, 11) is 0. The second kappa shape index (κ2) is 7.13. The van der Waals surface area contributed by atoms with Crippen LogP contribution in [0.5, 0.6) is 0 Å². The molecular weight excluding hydrogens is 292 g/mol. The summed E-state index contributed by atoms with van der Waals surface area (Å²) in [6.45, 7) is 12.7. The van der Waals surface area contributed by atoms with Crippen molar-refractivity contribution in [1.29, 1.82) is 0 Å². The molecule has 1 saturated heterocycles. The molecule has 2 heteroatoms. The number of allylic oxidation sites excluding steroid dienone is 1. The van der Waals surface area contributed by atoms with Gasteiger partial charge in [0.1, 0.15) is 0 Å². The van der Waals surface area contributed by atoms with E-state index in [1.54, 1.807) is 0 Å². The number of rotatable bonds is 4. The Morgan fingerprint density at radius 1 is 1.04 bits per heavy atom. The average molecular weight is 326 g/mol. The van der Waals surface area contributed by atoms with Crippen molar-refractivity contribution in [2.75, 3.05) is 13.1 Å². The summed E-state index contributed by atoms with van der Waals surface area (Å²) >= 11 is 0. The largest absolute Gasteiger partial charge is 0.374 e. The fourth-order valence-electron chi connectivity index (χ4n) is 3.85. The van der Waals surface area contributed by atoms with E-state index in [2.05, 4.69) is 73.7 Å². The second-order valence-corrected chi connectivity index (χ2v) is 8.37. The van der Waals surface area contributed by atoms with Gasteiger partial charge in [-0.05, 0) is 30.7 Å². The van der Waals surface area contributed by atoms with Gasteiger partial charge in [-0.3, -0.25) is 0 Å². The van der Waals surface area contributed by atoms with Gasteiger partial charge in [0.15, 0.2) is 18.3 Å². The Morgan fingerprint density at radius 3 is 2.29 bits per heavy atom. The van der Waals surface area contributed by atoms with Gasteiger partial charge in [-0.2, -0.15) is 0 Å². The first kappa shape index (κ1) is 17.3. The highest BCUT2D eigenvalue weighted by Gasteiger charge is 2.35. The molecule has 0 saturated carbocycles. The van der Waals surface area contributed by atoms with Gasteiger partial charge in [-0.1, -0.05) is 38.1 Å². The molecule has 0 aromatic heterocycles. The van der Waals surface area contributed by atoms with E-state index < -0.39 is 0 Å². The molecule has 0 unspecified atom stereocenters. The third-order valence-corrected chi connectivity index (χ3v) is 5.60. The third-order valence-electron chi connectivity index (χ3n) is 5.60. The molecule has 1 fully saturated rings. The summed E-state index contributed by atoms with van der Waals surface area (Å²) in [6.07, 6.45) is 9.93. The zero-order valence-electron chi connectivity index (χ0n) is 15.9. The Kier molecular flexibility index (Phi) is 5.12. The zero-order valence-corrected chi connectivity index (χ0v) is 15.9. The zero-order chi connectivity index (χ0) is 17.2. The van der Waals surface area contributed by atoms with Gasteiger partial charge in [-0.15, -0.1) is 0 Å². The lowest BCUT2D eigenvalue weighted by Crippen LogP contribution is -2.43. The van der Waals surface area contributed by atoms with Crippen molar-refractivity contribution in [2.24, 2.45) is 0 Å². The van der Waals surface area contributed by atoms with Crippen LogP contribution in [0.3, 0.4) is 0 Å². The lowest BCUT2D eigenvalue weighted by molar-refractivity contribution is -0.612. The average Bonchev–Trinajstić information content (AvgIpc) is 2.57. The number of hydrogen-bond donors (Lipinski definition) is 0. The molecule has 130 valence electrons. The molecule has 24 heavy (non-hydrogen) atoms. The van der Waals surface area contributed by atoms with Gasteiger partial charge in [0.05, 0.1) is 6.42 Å². The molecule has 3 rings (SSSR count). The Morgan fingerprint density at radius 2 is 1.71 bits per heavy atom. The van der Waals surface area contributed by atoms with E-state index in [0.717, 1.165) is 13.0 Å². The molecule has 2 heterocycles. The van der Waals surface area contributed by atoms with Crippen LogP contribution in [-0.2, 0) is 6.54 Å². The van der Waals surface area contributed by atoms with Crippen molar-refractivity contribution in [3.63, 3.8) is 0 Å². The van der Waals surface area contributed by atoms with E-state index in [4.69, 9.17) is 0 Å². The predicted octanol–water partition coefficient (Wildman–Crippen LogP) is 4.95. The van der Waals surface area contributed by atoms with E-state index in [1.165, 1.54) is 49.2 Å². The number of likely N-dealkylation sites (tertiary alicyclic amines) is 1. The first-order valence-electron chi connectivity index (χ1n) is 9.60. The maximum atomic E-state index is 2.61. The van der Waals surface area contributed by atoms with Gasteiger partial charge >= 0.3 is 0 Å². The lowest BCUT2D eigenvalue weighted by atomic mass is 9.92. The molecule has 0 aliphatic carbocycles. The van der Waals surface area contributed by atoms with E-state index in [1.807, 2.05) is 0 Å². The van der Waals surface area contributed by atoms with Crippen LogP contribution in [0.15, 0.2) is 36.0 Å². The summed E-state index contributed by atoms with van der Waals surface area (Å²) in [5.41, 5.74) is 4.54. The van der Waals surface area contributed by atoms with E-state index in [0.29, 0.717) is 5.92 Å². The molecule has 0 spiro atoms. The van der Waals surface area contributed by atoms with Gasteiger partial charge < -0.3 is 4.90 Å². The molecule has 0 atom stereocenters. The highest BCUT2D eigenvalue weighted by molar-refractivity contribution is 5.68. The van der Waals surface area contributed by atoms with Gasteiger partial charge in [0.25, 0.3) is 0 Å². The SMILES string of the molecule is CC(C)c1ccc(C[N+]2=CC=C(N3CCCCC3)CC2(C)C)cc1. The van der Waals surface area contributed by atoms with Crippen LogP contribution in [-0.4, -0.2) is 34.3 Å². The predicted molar refractivity (Wildman–Crippen MR) is 103 cm³/mol. The smallest absolute Gasteiger partial charge is 0.168 e. The topological polar surface area (TPSA) is 6.25 Å². The van der Waals surface area contributed by atoms with Gasteiger partial charge in [0, 0.05) is 44.3 Å². The van der Waals surface area contributed by atoms with Crippen LogP contribution < -0.4 is 0 Å². The van der Waals surface area contributed by atoms with Crippen LogP contribution in [0.2, 0.25) is 0 Å². The molecule has 2 aliphatic heterocycles. The molecule has 0 radical (unpaired) electrons. The maximum absolute atomic E-state index is 2.61. The van der Waals surface area contributed by atoms with Crippen molar-refractivity contribution >= 4 is 6.21 Å². The first-order chi connectivity index (χ1) is 11.5. The van der Waals surface area contributed by atoms with Crippen LogP contribution in [0.1, 0.15) is 70.4 Å². The highest BCUT2D eigenvalue weighted by Crippen LogP contribution is 2.28. The van der Waals surface area contributed by atoms with Crippen LogP contribution in [0, 0.1) is 0 Å². The standard InChI is InChI=1S/C22H33N2/c1-18(2)20-10-8-19(9-11-20)17-24-15-12-21(16-22(24,3)4)23-13-6-5-7-14-23/h8-12,15,18H,5-7,13-14,16-17H2,1-4H3/q+1. The van der Waals surface area contributed by atoms with Crippen LogP contribution >= 0.6 is 0 Å². The Balaban J connectivity index is 1.74. The molecule has 1 aromatic rings. The third kappa shape index (κ3) is 3.91. The molecular formula is C22H33N2+. The van der Waals surface area contributed by atoms with Crippen molar-refractivity contribution in [3.8, 4) is 0 Å². The van der Waals surface area contributed by atoms with Crippen molar-refractivity contribution in [2.45, 2.75) is 71.4 Å². The molecule has 0 amide bonds. The molecule has 1 aromatic carbocycles. The number of piperidine rings is 1. The van der Waals surface area contributed by atoms with Gasteiger partial charge in [0.2, 0.25) is 0 Å². The quantitative estimate of drug-likeness (QED) is 0.710. The summed E-state index contributed by atoms with van der Waals surface area (Å²) in [5, 5.41) is 0. The Bertz CT molecular complexity index is 614. The minimum Gasteiger partial charge on any atom is -0.374 e. The summed E-state index contributed by atoms with van der Waals surface area (Å²) in [6, 6.07) is 9.16. The van der Waals surface area contributed by atoms with Crippen molar-refractivity contribution in [1.82, 2.24) is 4.90 Å². The Hall–Kier alpha value is -1.57. The lowest BCUT2D eigenvalue weighted by Gasteiger charge is -2.36. The normalized spacial score (nSPS) is 20.8. The molecule has 0 N–H and O–H groups in total. The fraction of sp³-hybridized carbons (Fsp3) is 0.591. The van der Waals surface area contributed by atoms with Crippen LogP contribution in [0.25, 0.3) is 0 Å². The molecule has 2 aliphatic rings. The first-order valence-corrected chi connectivity index (χ1v) is 9.60. The minimum absolute atomic E-state index is 0.179. The van der Waals surface area contributed by atoms with E-state index >= 15 is 0 Å². The summed E-state index contributed by atoms with van der Waals surface area (Å²) in [5.74, 6) is 0.604. The number of hydrogen-bond acceptors (Lipinski definition) is 1. The molecule has 0 bridgehead atoms. The highest BCUT2D eigenvalue weighted by atomic mass is 15.2. The number of nitrogens with zero attached hydrogens (tertiary/aromatic N) is 2. The number of benzene rings is 1. The Labute approximate surface area is 147 Å². The minimum atomic E-state index is 0.179. The second-order valence-electron chi connectivity index (χ2n) is 8.37.